The van der Waals surface area contributed by atoms with Crippen LogP contribution in [0, 0.1) is 0 Å². The number of rotatable bonds is 3. The Balaban J connectivity index is 3.00. The average molecular weight is 261 g/mol. The standard InChI is InChI=1S/C9H10Cl2N4O/c1-16-8-6(10)2-5(3-7(8)11)4-14-15-9(12)13/h2-4H,1H3,(H4,12,13,15)/b14-4-. The van der Waals surface area contributed by atoms with E-state index in [1.165, 1.54) is 13.3 Å². The van der Waals surface area contributed by atoms with E-state index in [0.717, 1.165) is 0 Å². The third kappa shape index (κ3) is 3.29. The molecule has 0 saturated carbocycles. The molecule has 5 nitrogen and oxygen atoms in total. The number of guanidine groups is 1. The van der Waals surface area contributed by atoms with Gasteiger partial charge in [-0.2, -0.15) is 5.10 Å². The zero-order valence-electron chi connectivity index (χ0n) is 8.45. The summed E-state index contributed by atoms with van der Waals surface area (Å²) in [5, 5.41) is 7.86. The largest absolute Gasteiger partial charge is 0.494 e. The number of nitrogens with two attached hydrogens (primary N) is 2. The van der Waals surface area contributed by atoms with E-state index in [2.05, 4.69) is 10.2 Å². The first-order valence-electron chi connectivity index (χ1n) is 4.19. The molecule has 0 heterocycles. The predicted octanol–water partition coefficient (Wildman–Crippen LogP) is 1.61. The normalized spacial score (nSPS) is 10.4. The Morgan fingerprint density at radius 3 is 2.31 bits per heavy atom. The van der Waals surface area contributed by atoms with Crippen LogP contribution in [0.4, 0.5) is 0 Å². The van der Waals surface area contributed by atoms with E-state index in [0.29, 0.717) is 21.4 Å². The lowest BCUT2D eigenvalue weighted by Crippen LogP contribution is -2.21. The van der Waals surface area contributed by atoms with Gasteiger partial charge in [-0.1, -0.05) is 23.2 Å². The molecule has 7 heteroatoms. The van der Waals surface area contributed by atoms with Crippen molar-refractivity contribution in [2.75, 3.05) is 7.11 Å². The molecule has 0 aromatic heterocycles. The highest BCUT2D eigenvalue weighted by atomic mass is 35.5. The summed E-state index contributed by atoms with van der Waals surface area (Å²) in [6.45, 7) is 0. The number of halogens is 2. The maximum Gasteiger partial charge on any atom is 0.211 e. The summed E-state index contributed by atoms with van der Waals surface area (Å²) in [7, 11) is 1.49. The maximum absolute atomic E-state index is 5.92. The second kappa shape index (κ2) is 5.58. The molecule has 0 spiro atoms. The van der Waals surface area contributed by atoms with Crippen LogP contribution in [0.5, 0.6) is 5.75 Å². The molecule has 4 N–H and O–H groups in total. The van der Waals surface area contributed by atoms with Gasteiger partial charge in [0, 0.05) is 0 Å². The zero-order valence-corrected chi connectivity index (χ0v) is 9.96. The molecule has 0 aliphatic heterocycles. The van der Waals surface area contributed by atoms with Crippen LogP contribution in [-0.2, 0) is 0 Å². The third-order valence-electron chi connectivity index (χ3n) is 1.60. The maximum atomic E-state index is 5.92. The molecule has 0 amide bonds. The molecule has 0 atom stereocenters. The van der Waals surface area contributed by atoms with E-state index >= 15 is 0 Å². The van der Waals surface area contributed by atoms with E-state index in [1.807, 2.05) is 0 Å². The lowest BCUT2D eigenvalue weighted by molar-refractivity contribution is 0.415. The van der Waals surface area contributed by atoms with Crippen molar-refractivity contribution in [2.24, 2.45) is 21.7 Å². The first kappa shape index (κ1) is 12.6. The lowest BCUT2D eigenvalue weighted by atomic mass is 10.2. The summed E-state index contributed by atoms with van der Waals surface area (Å²) < 4.78 is 5.00. The Morgan fingerprint density at radius 2 is 1.88 bits per heavy atom. The third-order valence-corrected chi connectivity index (χ3v) is 2.17. The van der Waals surface area contributed by atoms with Crippen LogP contribution in [0.15, 0.2) is 22.3 Å². The number of nitrogens with zero attached hydrogens (tertiary/aromatic N) is 2. The molecular weight excluding hydrogens is 251 g/mol. The van der Waals surface area contributed by atoms with E-state index in [4.69, 9.17) is 39.4 Å². The summed E-state index contributed by atoms with van der Waals surface area (Å²) in [4.78, 5) is 0. The van der Waals surface area contributed by atoms with Gasteiger partial charge in [-0.3, -0.25) is 0 Å². The van der Waals surface area contributed by atoms with Crippen LogP contribution >= 0.6 is 23.2 Å². The van der Waals surface area contributed by atoms with Crippen LogP contribution in [0.3, 0.4) is 0 Å². The second-order valence-electron chi connectivity index (χ2n) is 2.79. The van der Waals surface area contributed by atoms with Crippen LogP contribution in [0.2, 0.25) is 10.0 Å². The molecule has 0 radical (unpaired) electrons. The van der Waals surface area contributed by atoms with Crippen molar-refractivity contribution in [2.45, 2.75) is 0 Å². The van der Waals surface area contributed by atoms with Crippen molar-refractivity contribution < 1.29 is 4.74 Å². The summed E-state index contributed by atoms with van der Waals surface area (Å²) in [6.07, 6.45) is 1.43. The van der Waals surface area contributed by atoms with Crippen LogP contribution in [0.1, 0.15) is 5.56 Å². The molecular formula is C9H10Cl2N4O. The molecule has 0 bridgehead atoms. The van der Waals surface area contributed by atoms with Crippen molar-refractivity contribution in [3.05, 3.63) is 27.7 Å². The molecule has 1 rings (SSSR count). The van der Waals surface area contributed by atoms with Gasteiger partial charge in [0.25, 0.3) is 0 Å². The van der Waals surface area contributed by atoms with Gasteiger partial charge < -0.3 is 16.2 Å². The smallest absolute Gasteiger partial charge is 0.211 e. The Labute approximate surface area is 103 Å². The minimum Gasteiger partial charge on any atom is -0.494 e. The fourth-order valence-electron chi connectivity index (χ4n) is 1.01. The number of hydrogen-bond acceptors (Lipinski definition) is 3. The fraction of sp³-hybridized carbons (Fsp3) is 0.111. The number of methoxy groups -OCH3 is 1. The minimum atomic E-state index is -0.123. The zero-order chi connectivity index (χ0) is 12.1. The SMILES string of the molecule is COc1c(Cl)cc(/C=N\N=C(N)N)cc1Cl. The Kier molecular flexibility index (Phi) is 4.39. The summed E-state index contributed by atoms with van der Waals surface area (Å²) in [5.41, 5.74) is 10.9. The molecule has 16 heavy (non-hydrogen) atoms. The van der Waals surface area contributed by atoms with Crippen LogP contribution in [0.25, 0.3) is 0 Å². The quantitative estimate of drug-likeness (QED) is 0.492. The van der Waals surface area contributed by atoms with Crippen LogP contribution < -0.4 is 16.2 Å². The molecule has 0 aliphatic rings. The number of ether oxygens (including phenoxy) is 1. The lowest BCUT2D eigenvalue weighted by Gasteiger charge is -2.05. The van der Waals surface area contributed by atoms with Crippen molar-refractivity contribution >= 4 is 35.4 Å². The summed E-state index contributed by atoms with van der Waals surface area (Å²) in [5.74, 6) is 0.296. The molecule has 0 aliphatic carbocycles. The first-order valence-corrected chi connectivity index (χ1v) is 4.95. The van der Waals surface area contributed by atoms with Gasteiger partial charge >= 0.3 is 0 Å². The molecule has 1 aromatic rings. The Hall–Kier alpha value is -1.46. The molecule has 0 fully saturated rings. The van der Waals surface area contributed by atoms with Crippen molar-refractivity contribution in [1.82, 2.24) is 0 Å². The van der Waals surface area contributed by atoms with Gasteiger partial charge in [0.15, 0.2) is 5.75 Å². The van der Waals surface area contributed by atoms with E-state index in [-0.39, 0.29) is 5.96 Å². The molecule has 86 valence electrons. The van der Waals surface area contributed by atoms with E-state index in [9.17, 15) is 0 Å². The van der Waals surface area contributed by atoms with Crippen molar-refractivity contribution in [3.63, 3.8) is 0 Å². The summed E-state index contributed by atoms with van der Waals surface area (Å²) in [6, 6.07) is 3.27. The van der Waals surface area contributed by atoms with Crippen molar-refractivity contribution in [1.29, 1.82) is 0 Å². The fourth-order valence-corrected chi connectivity index (χ4v) is 1.67. The molecule has 1 aromatic carbocycles. The highest BCUT2D eigenvalue weighted by Crippen LogP contribution is 2.33. The van der Waals surface area contributed by atoms with Gasteiger partial charge in [-0.25, -0.2) is 0 Å². The topological polar surface area (TPSA) is 86.0 Å². The van der Waals surface area contributed by atoms with E-state index < -0.39 is 0 Å². The average Bonchev–Trinajstić information content (AvgIpc) is 2.16. The molecule has 0 unspecified atom stereocenters. The van der Waals surface area contributed by atoms with Crippen LogP contribution in [-0.4, -0.2) is 19.3 Å². The molecule has 0 saturated heterocycles. The summed E-state index contributed by atoms with van der Waals surface area (Å²) >= 11 is 11.8. The highest BCUT2D eigenvalue weighted by molar-refractivity contribution is 6.37. The number of hydrogen-bond donors (Lipinski definition) is 2. The van der Waals surface area contributed by atoms with E-state index in [1.54, 1.807) is 12.1 Å². The second-order valence-corrected chi connectivity index (χ2v) is 3.60. The first-order chi connectivity index (χ1) is 7.54. The van der Waals surface area contributed by atoms with Crippen molar-refractivity contribution in [3.8, 4) is 5.75 Å². The number of benzene rings is 1. The minimum absolute atomic E-state index is 0.123. The Morgan fingerprint density at radius 1 is 1.31 bits per heavy atom. The highest BCUT2D eigenvalue weighted by Gasteiger charge is 2.07. The van der Waals surface area contributed by atoms with Gasteiger partial charge in [0.1, 0.15) is 0 Å². The van der Waals surface area contributed by atoms with Gasteiger partial charge in [-0.05, 0) is 17.7 Å². The predicted molar refractivity (Wildman–Crippen MR) is 66.4 cm³/mol. The van der Waals surface area contributed by atoms with Gasteiger partial charge in [0.2, 0.25) is 5.96 Å². The Bertz CT molecular complexity index is 418. The monoisotopic (exact) mass is 260 g/mol. The van der Waals surface area contributed by atoms with Gasteiger partial charge in [0.05, 0.1) is 23.4 Å². The van der Waals surface area contributed by atoms with Gasteiger partial charge in [-0.15, -0.1) is 5.10 Å².